The van der Waals surface area contributed by atoms with Crippen LogP contribution in [-0.4, -0.2) is 48.6 Å². The fourth-order valence-corrected chi connectivity index (χ4v) is 6.27. The van der Waals surface area contributed by atoms with Gasteiger partial charge in [-0.05, 0) is 79.2 Å². The number of piperidine rings is 1. The van der Waals surface area contributed by atoms with Gasteiger partial charge in [-0.15, -0.1) is 0 Å². The first-order chi connectivity index (χ1) is 15.6. The maximum absolute atomic E-state index is 13.8. The lowest BCUT2D eigenvalue weighted by Crippen LogP contribution is -2.57. The molecule has 0 aromatic heterocycles. The quantitative estimate of drug-likeness (QED) is 0.718. The average molecular weight is 434 g/mol. The highest BCUT2D eigenvalue weighted by Gasteiger charge is 2.44. The Hall–Kier alpha value is -2.56. The molecular formula is C27H32FN3O. The number of carbonyl (C=O) groups is 1. The Morgan fingerprint density at radius 3 is 2.59 bits per heavy atom. The standard InChI is InChI=1S/C27H32FN3O/c28-22-8-9-25-24(15-22)27(18-29-25)10-12-30(13-11-27)26(32)31-16-19(17-31)6-7-21-14-23(21)20-4-2-1-3-5-20/h1-5,8-9,15,19,21,23,29H,6-7,10-14,16-18H2. The van der Waals surface area contributed by atoms with E-state index in [0.717, 1.165) is 68.7 Å². The molecule has 2 saturated heterocycles. The monoisotopic (exact) mass is 433 g/mol. The Balaban J connectivity index is 0.958. The number of carbonyl (C=O) groups excluding carboxylic acids is 1. The average Bonchev–Trinajstić information content (AvgIpc) is 3.50. The minimum absolute atomic E-state index is 0.0226. The minimum atomic E-state index is -0.168. The summed E-state index contributed by atoms with van der Waals surface area (Å²) in [6, 6.07) is 16.2. The predicted octanol–water partition coefficient (Wildman–Crippen LogP) is 5.22. The van der Waals surface area contributed by atoms with E-state index in [0.29, 0.717) is 5.92 Å². The molecule has 2 amide bonds. The Morgan fingerprint density at radius 2 is 1.81 bits per heavy atom. The Kier molecular flexibility index (Phi) is 4.89. The molecule has 3 fully saturated rings. The van der Waals surface area contributed by atoms with Crippen LogP contribution in [0.1, 0.15) is 49.1 Å². The minimum Gasteiger partial charge on any atom is -0.384 e. The molecule has 168 valence electrons. The molecule has 4 nitrogen and oxygen atoms in total. The first-order valence-electron chi connectivity index (χ1n) is 12.2. The lowest BCUT2D eigenvalue weighted by Gasteiger charge is -2.45. The van der Waals surface area contributed by atoms with Gasteiger partial charge in [-0.25, -0.2) is 9.18 Å². The highest BCUT2D eigenvalue weighted by molar-refractivity contribution is 5.75. The molecule has 2 atom stereocenters. The topological polar surface area (TPSA) is 35.6 Å². The van der Waals surface area contributed by atoms with Gasteiger partial charge >= 0.3 is 6.03 Å². The van der Waals surface area contributed by atoms with Crippen molar-refractivity contribution >= 4 is 11.7 Å². The molecule has 1 saturated carbocycles. The number of nitrogens with zero attached hydrogens (tertiary/aromatic N) is 2. The molecule has 1 aliphatic carbocycles. The van der Waals surface area contributed by atoms with E-state index in [1.54, 1.807) is 6.07 Å². The van der Waals surface area contributed by atoms with E-state index in [2.05, 4.69) is 35.6 Å². The summed E-state index contributed by atoms with van der Waals surface area (Å²) in [6.07, 6.45) is 5.68. The van der Waals surface area contributed by atoms with E-state index in [-0.39, 0.29) is 17.3 Å². The van der Waals surface area contributed by atoms with Crippen LogP contribution in [0.5, 0.6) is 0 Å². The summed E-state index contributed by atoms with van der Waals surface area (Å²) in [5.41, 5.74) is 3.63. The molecule has 32 heavy (non-hydrogen) atoms. The number of rotatable bonds is 4. The number of nitrogens with one attached hydrogen (secondary N) is 1. The van der Waals surface area contributed by atoms with Crippen molar-refractivity contribution in [3.05, 3.63) is 65.5 Å². The summed E-state index contributed by atoms with van der Waals surface area (Å²) in [6.45, 7) is 4.21. The number of anilines is 1. The maximum atomic E-state index is 13.8. The third-order valence-corrected chi connectivity index (χ3v) is 8.48. The molecule has 6 rings (SSSR count). The number of halogens is 1. The molecule has 1 spiro atoms. The van der Waals surface area contributed by atoms with Crippen LogP contribution in [0, 0.1) is 17.7 Å². The van der Waals surface area contributed by atoms with Crippen molar-refractivity contribution in [2.45, 2.75) is 43.4 Å². The second-order valence-corrected chi connectivity index (χ2v) is 10.5. The summed E-state index contributed by atoms with van der Waals surface area (Å²) >= 11 is 0. The number of urea groups is 1. The van der Waals surface area contributed by atoms with Crippen molar-refractivity contribution in [1.29, 1.82) is 0 Å². The Bertz CT molecular complexity index is 995. The van der Waals surface area contributed by atoms with Crippen LogP contribution >= 0.6 is 0 Å². The van der Waals surface area contributed by atoms with Crippen molar-refractivity contribution in [3.63, 3.8) is 0 Å². The maximum Gasteiger partial charge on any atom is 0.320 e. The van der Waals surface area contributed by atoms with Gasteiger partial charge in [0.2, 0.25) is 0 Å². The molecule has 5 heteroatoms. The van der Waals surface area contributed by atoms with E-state index < -0.39 is 0 Å². The molecule has 2 unspecified atom stereocenters. The molecule has 0 bridgehead atoms. The van der Waals surface area contributed by atoms with Crippen LogP contribution in [0.15, 0.2) is 48.5 Å². The van der Waals surface area contributed by atoms with Gasteiger partial charge in [0.25, 0.3) is 0 Å². The van der Waals surface area contributed by atoms with E-state index in [9.17, 15) is 9.18 Å². The van der Waals surface area contributed by atoms with Gasteiger partial charge in [-0.1, -0.05) is 30.3 Å². The van der Waals surface area contributed by atoms with Crippen molar-refractivity contribution in [1.82, 2.24) is 9.80 Å². The Morgan fingerprint density at radius 1 is 1.03 bits per heavy atom. The number of hydrogen-bond donors (Lipinski definition) is 1. The van der Waals surface area contributed by atoms with Gasteiger partial charge in [0.15, 0.2) is 0 Å². The lowest BCUT2D eigenvalue weighted by atomic mass is 9.74. The van der Waals surface area contributed by atoms with Crippen LogP contribution in [0.25, 0.3) is 0 Å². The fourth-order valence-electron chi connectivity index (χ4n) is 6.27. The second kappa shape index (κ2) is 7.79. The number of benzene rings is 2. The van der Waals surface area contributed by atoms with Crippen molar-refractivity contribution in [3.8, 4) is 0 Å². The zero-order valence-electron chi connectivity index (χ0n) is 18.6. The molecule has 1 N–H and O–H groups in total. The van der Waals surface area contributed by atoms with Crippen LogP contribution in [-0.2, 0) is 5.41 Å². The first-order valence-corrected chi connectivity index (χ1v) is 12.2. The zero-order valence-corrected chi connectivity index (χ0v) is 18.6. The smallest absolute Gasteiger partial charge is 0.320 e. The summed E-state index contributed by atoms with van der Waals surface area (Å²) in [7, 11) is 0. The molecule has 3 heterocycles. The molecule has 2 aromatic carbocycles. The van der Waals surface area contributed by atoms with Crippen LogP contribution in [0.2, 0.25) is 0 Å². The lowest BCUT2D eigenvalue weighted by molar-refractivity contribution is 0.0734. The molecule has 2 aromatic rings. The van der Waals surface area contributed by atoms with Gasteiger partial charge < -0.3 is 15.1 Å². The van der Waals surface area contributed by atoms with Gasteiger partial charge in [0.05, 0.1) is 0 Å². The molecule has 0 radical (unpaired) electrons. The van der Waals surface area contributed by atoms with Crippen LogP contribution in [0.3, 0.4) is 0 Å². The number of hydrogen-bond acceptors (Lipinski definition) is 2. The normalized spacial score (nSPS) is 25.9. The fraction of sp³-hybridized carbons (Fsp3) is 0.519. The number of amides is 2. The van der Waals surface area contributed by atoms with E-state index >= 15 is 0 Å². The highest BCUT2D eigenvalue weighted by atomic mass is 19.1. The SMILES string of the molecule is O=C(N1CCC2(CC1)CNc1ccc(F)cc12)N1CC(CCC2CC2c2ccccc2)C1. The number of fused-ring (bicyclic) bond motifs is 2. The van der Waals surface area contributed by atoms with E-state index in [4.69, 9.17) is 0 Å². The van der Waals surface area contributed by atoms with E-state index in [1.165, 1.54) is 30.9 Å². The highest BCUT2D eigenvalue weighted by Crippen LogP contribution is 2.51. The van der Waals surface area contributed by atoms with Gasteiger partial charge in [-0.3, -0.25) is 0 Å². The Labute approximate surface area is 189 Å². The van der Waals surface area contributed by atoms with Gasteiger partial charge in [0, 0.05) is 43.8 Å². The first kappa shape index (κ1) is 20.1. The predicted molar refractivity (Wildman–Crippen MR) is 124 cm³/mol. The summed E-state index contributed by atoms with van der Waals surface area (Å²) in [5, 5.41) is 3.44. The second-order valence-electron chi connectivity index (χ2n) is 10.5. The third kappa shape index (κ3) is 3.56. The van der Waals surface area contributed by atoms with Crippen molar-refractivity contribution in [2.75, 3.05) is 38.0 Å². The summed E-state index contributed by atoms with van der Waals surface area (Å²) < 4.78 is 13.8. The molecule has 3 aliphatic heterocycles. The van der Waals surface area contributed by atoms with Crippen LogP contribution < -0.4 is 5.32 Å². The van der Waals surface area contributed by atoms with Crippen molar-refractivity contribution in [2.24, 2.45) is 11.8 Å². The largest absolute Gasteiger partial charge is 0.384 e. The van der Waals surface area contributed by atoms with Gasteiger partial charge in [0.1, 0.15) is 5.82 Å². The zero-order chi connectivity index (χ0) is 21.7. The molecular weight excluding hydrogens is 401 g/mol. The number of likely N-dealkylation sites (tertiary alicyclic amines) is 2. The molecule has 4 aliphatic rings. The van der Waals surface area contributed by atoms with Crippen LogP contribution in [0.4, 0.5) is 14.9 Å². The van der Waals surface area contributed by atoms with E-state index in [1.807, 2.05) is 15.9 Å². The summed E-state index contributed by atoms with van der Waals surface area (Å²) in [5.74, 6) is 2.10. The van der Waals surface area contributed by atoms with Crippen molar-refractivity contribution < 1.29 is 9.18 Å². The summed E-state index contributed by atoms with van der Waals surface area (Å²) in [4.78, 5) is 17.0. The third-order valence-electron chi connectivity index (χ3n) is 8.48. The van der Waals surface area contributed by atoms with Gasteiger partial charge in [-0.2, -0.15) is 0 Å².